The van der Waals surface area contributed by atoms with Crippen LogP contribution in [0.5, 0.6) is 0 Å². The zero-order valence-corrected chi connectivity index (χ0v) is 6.59. The summed E-state index contributed by atoms with van der Waals surface area (Å²) in [6.07, 6.45) is 10.5. The molecule has 1 aliphatic carbocycles. The van der Waals surface area contributed by atoms with Gasteiger partial charge in [-0.2, -0.15) is 0 Å². The Hall–Kier alpha value is -0.590. The molecule has 56 valence electrons. The summed E-state index contributed by atoms with van der Waals surface area (Å²) in [5.41, 5.74) is 0. The van der Waals surface area contributed by atoms with E-state index in [0.717, 1.165) is 6.54 Å². The summed E-state index contributed by atoms with van der Waals surface area (Å²) in [6.45, 7) is 2.99. The molecule has 1 unspecified atom stereocenters. The molecule has 10 heavy (non-hydrogen) atoms. The lowest BCUT2D eigenvalue weighted by Gasteiger charge is -2.09. The van der Waals surface area contributed by atoms with Gasteiger partial charge in [-0.1, -0.05) is 12.2 Å². The Morgan fingerprint density at radius 1 is 1.70 bits per heavy atom. The molecule has 0 spiro atoms. The van der Waals surface area contributed by atoms with Gasteiger partial charge in [-0.3, -0.25) is 4.99 Å². The van der Waals surface area contributed by atoms with Gasteiger partial charge in [0.2, 0.25) is 0 Å². The predicted octanol–water partition coefficient (Wildman–Crippen LogP) is 2.43. The summed E-state index contributed by atoms with van der Waals surface area (Å²) in [5.74, 6) is 0.633. The van der Waals surface area contributed by atoms with E-state index in [1.807, 2.05) is 0 Å². The maximum atomic E-state index is 4.22. The fourth-order valence-electron chi connectivity index (χ4n) is 1.20. The number of aliphatic imine (C=N–C) groups is 1. The van der Waals surface area contributed by atoms with Crippen molar-refractivity contribution < 1.29 is 0 Å². The molecule has 0 aromatic carbocycles. The fraction of sp³-hybridized carbons (Fsp3) is 0.667. The van der Waals surface area contributed by atoms with E-state index in [4.69, 9.17) is 0 Å². The van der Waals surface area contributed by atoms with E-state index < -0.39 is 0 Å². The molecule has 1 aliphatic rings. The molecule has 1 rings (SSSR count). The zero-order chi connectivity index (χ0) is 7.23. The zero-order valence-electron chi connectivity index (χ0n) is 6.59. The van der Waals surface area contributed by atoms with Gasteiger partial charge in [0, 0.05) is 18.7 Å². The Kier molecular flexibility index (Phi) is 3.20. The highest BCUT2D eigenvalue weighted by molar-refractivity contribution is 5.63. The van der Waals surface area contributed by atoms with E-state index in [2.05, 4.69) is 30.3 Å². The number of nitrogens with zero attached hydrogens (tertiary/aromatic N) is 1. The monoisotopic (exact) mass is 137 g/mol. The Morgan fingerprint density at radius 3 is 3.20 bits per heavy atom. The minimum atomic E-state index is 0.633. The molecule has 1 atom stereocenters. The van der Waals surface area contributed by atoms with Crippen LogP contribution in [0.4, 0.5) is 0 Å². The molecule has 0 fully saturated rings. The highest BCUT2D eigenvalue weighted by atomic mass is 14.7. The van der Waals surface area contributed by atoms with Gasteiger partial charge in [-0.05, 0) is 26.2 Å². The second-order valence-electron chi connectivity index (χ2n) is 2.67. The van der Waals surface area contributed by atoms with E-state index in [1.54, 1.807) is 0 Å². The molecule has 1 heteroatoms. The van der Waals surface area contributed by atoms with Crippen molar-refractivity contribution in [2.45, 2.75) is 26.2 Å². The van der Waals surface area contributed by atoms with Crippen molar-refractivity contribution in [2.24, 2.45) is 10.9 Å². The van der Waals surface area contributed by atoms with Crippen molar-refractivity contribution in [1.82, 2.24) is 0 Å². The van der Waals surface area contributed by atoms with Gasteiger partial charge >= 0.3 is 0 Å². The number of allylic oxidation sites excluding steroid dienone is 2. The van der Waals surface area contributed by atoms with Crippen molar-refractivity contribution in [3.8, 4) is 0 Å². The van der Waals surface area contributed by atoms with Gasteiger partial charge in [0.25, 0.3) is 0 Å². The largest absolute Gasteiger partial charge is 0.297 e. The smallest absolute Gasteiger partial charge is 0.0357 e. The fourth-order valence-corrected chi connectivity index (χ4v) is 1.20. The van der Waals surface area contributed by atoms with Gasteiger partial charge in [0.15, 0.2) is 0 Å². The van der Waals surface area contributed by atoms with E-state index in [9.17, 15) is 0 Å². The lowest BCUT2D eigenvalue weighted by molar-refractivity contribution is 0.662. The summed E-state index contributed by atoms with van der Waals surface area (Å²) in [5, 5.41) is 0. The number of rotatable bonds is 2. The van der Waals surface area contributed by atoms with E-state index in [1.165, 1.54) is 19.3 Å². The van der Waals surface area contributed by atoms with Crippen LogP contribution in [0.1, 0.15) is 26.2 Å². The first-order valence-corrected chi connectivity index (χ1v) is 4.10. The average Bonchev–Trinajstić information content (AvgIpc) is 2.03. The lowest BCUT2D eigenvalue weighted by Crippen LogP contribution is -2.01. The second kappa shape index (κ2) is 4.26. The predicted molar refractivity (Wildman–Crippen MR) is 45.5 cm³/mol. The Labute approximate surface area is 62.9 Å². The van der Waals surface area contributed by atoms with Crippen LogP contribution in [-0.4, -0.2) is 12.8 Å². The van der Waals surface area contributed by atoms with Crippen LogP contribution < -0.4 is 0 Å². The van der Waals surface area contributed by atoms with Crippen molar-refractivity contribution in [3.63, 3.8) is 0 Å². The molecule has 0 amide bonds. The molecular weight excluding hydrogens is 122 g/mol. The molecule has 0 N–H and O–H groups in total. The van der Waals surface area contributed by atoms with Crippen LogP contribution in [0.2, 0.25) is 0 Å². The van der Waals surface area contributed by atoms with Crippen molar-refractivity contribution in [3.05, 3.63) is 12.2 Å². The van der Waals surface area contributed by atoms with Crippen molar-refractivity contribution >= 4 is 6.21 Å². The molecule has 0 aliphatic heterocycles. The van der Waals surface area contributed by atoms with Crippen LogP contribution in [-0.2, 0) is 0 Å². The normalized spacial score (nSPS) is 25.9. The number of hydrogen-bond acceptors (Lipinski definition) is 1. The minimum Gasteiger partial charge on any atom is -0.297 e. The third-order valence-electron chi connectivity index (χ3n) is 1.77. The third-order valence-corrected chi connectivity index (χ3v) is 1.77. The molecule has 0 radical (unpaired) electrons. The molecule has 0 saturated heterocycles. The minimum absolute atomic E-state index is 0.633. The first-order chi connectivity index (χ1) is 4.93. The highest BCUT2D eigenvalue weighted by Crippen LogP contribution is 2.14. The summed E-state index contributed by atoms with van der Waals surface area (Å²) in [4.78, 5) is 4.22. The van der Waals surface area contributed by atoms with E-state index in [-0.39, 0.29) is 0 Å². The Morgan fingerprint density at radius 2 is 2.60 bits per heavy atom. The molecule has 0 aromatic rings. The summed E-state index contributed by atoms with van der Waals surface area (Å²) >= 11 is 0. The second-order valence-corrected chi connectivity index (χ2v) is 2.67. The molecular formula is C9H15N. The summed E-state index contributed by atoms with van der Waals surface area (Å²) in [6, 6.07) is 0. The van der Waals surface area contributed by atoms with Gasteiger partial charge in [-0.25, -0.2) is 0 Å². The van der Waals surface area contributed by atoms with Crippen molar-refractivity contribution in [2.75, 3.05) is 6.54 Å². The van der Waals surface area contributed by atoms with E-state index in [0.29, 0.717) is 5.92 Å². The maximum absolute atomic E-state index is 4.22. The van der Waals surface area contributed by atoms with Gasteiger partial charge in [-0.15, -0.1) is 0 Å². The van der Waals surface area contributed by atoms with Gasteiger partial charge < -0.3 is 0 Å². The summed E-state index contributed by atoms with van der Waals surface area (Å²) in [7, 11) is 0. The molecule has 1 nitrogen and oxygen atoms in total. The standard InChI is InChI=1S/C9H15N/c1-2-10-8-9-6-4-3-5-7-9/h4,6,8-9H,2-3,5,7H2,1H3. The van der Waals surface area contributed by atoms with Crippen molar-refractivity contribution in [1.29, 1.82) is 0 Å². The van der Waals surface area contributed by atoms with Crippen LogP contribution in [0.15, 0.2) is 17.1 Å². The first-order valence-electron chi connectivity index (χ1n) is 4.10. The molecule has 0 aromatic heterocycles. The quantitative estimate of drug-likeness (QED) is 0.409. The summed E-state index contributed by atoms with van der Waals surface area (Å²) < 4.78 is 0. The topological polar surface area (TPSA) is 12.4 Å². The average molecular weight is 137 g/mol. The molecule has 0 heterocycles. The van der Waals surface area contributed by atoms with Gasteiger partial charge in [0.05, 0.1) is 0 Å². The first kappa shape index (κ1) is 7.52. The lowest BCUT2D eigenvalue weighted by atomic mass is 9.97. The Bertz CT molecular complexity index is 136. The van der Waals surface area contributed by atoms with Crippen LogP contribution >= 0.6 is 0 Å². The Balaban J connectivity index is 2.32. The maximum Gasteiger partial charge on any atom is 0.0357 e. The van der Waals surface area contributed by atoms with E-state index >= 15 is 0 Å². The molecule has 0 saturated carbocycles. The molecule has 0 bridgehead atoms. The number of hydrogen-bond donors (Lipinski definition) is 0. The van der Waals surface area contributed by atoms with Gasteiger partial charge in [0.1, 0.15) is 0 Å². The van der Waals surface area contributed by atoms with Crippen LogP contribution in [0.3, 0.4) is 0 Å². The van der Waals surface area contributed by atoms with Crippen LogP contribution in [0, 0.1) is 5.92 Å². The highest BCUT2D eigenvalue weighted by Gasteiger charge is 2.03. The van der Waals surface area contributed by atoms with Crippen LogP contribution in [0.25, 0.3) is 0 Å². The SMILES string of the molecule is CCN=CC1C=CCCC1. The third kappa shape index (κ3) is 2.34.